The average Bonchev–Trinajstić information content (AvgIpc) is 3.47. The lowest BCUT2D eigenvalue weighted by molar-refractivity contribution is -0.252. The van der Waals surface area contributed by atoms with Gasteiger partial charge >= 0.3 is 12.3 Å². The van der Waals surface area contributed by atoms with Crippen molar-refractivity contribution in [3.63, 3.8) is 0 Å². The molecule has 0 radical (unpaired) electrons. The maximum absolute atomic E-state index is 15.2. The Hall–Kier alpha value is -3.73. The number of aryl methyl sites for hydroxylation is 2. The van der Waals surface area contributed by atoms with Gasteiger partial charge in [-0.05, 0) is 42.6 Å². The van der Waals surface area contributed by atoms with Crippen molar-refractivity contribution in [3.05, 3.63) is 58.7 Å². The molecule has 1 aromatic carbocycles. The summed E-state index contributed by atoms with van der Waals surface area (Å²) in [5, 5.41) is 30.9. The summed E-state index contributed by atoms with van der Waals surface area (Å²) in [6.45, 7) is 9.58. The number of nitrogens with zero attached hydrogens (tertiary/aromatic N) is 5. The van der Waals surface area contributed by atoms with Gasteiger partial charge in [0, 0.05) is 38.0 Å². The third-order valence-corrected chi connectivity index (χ3v) is 8.56. The SMILES string of the molecule is CCc1cc(C)c2c(ccn2C(=O)O)c1C(O)(c1nc2cc(C#N)cnc2n1COCC[Si](C)(C)C)C(F)(F)F. The van der Waals surface area contributed by atoms with Gasteiger partial charge in [0.05, 0.1) is 11.1 Å². The van der Waals surface area contributed by atoms with Gasteiger partial charge in [0.15, 0.2) is 11.5 Å². The molecule has 0 saturated carbocycles. The molecular formula is C27H30F3N5O4Si. The normalized spacial score (nSPS) is 14.0. The average molecular weight is 574 g/mol. The number of rotatable bonds is 8. The van der Waals surface area contributed by atoms with Crippen molar-refractivity contribution in [2.24, 2.45) is 0 Å². The fourth-order valence-corrected chi connectivity index (χ4v) is 5.62. The first-order chi connectivity index (χ1) is 18.6. The second-order valence-corrected chi connectivity index (χ2v) is 16.5. The number of benzene rings is 1. The van der Waals surface area contributed by atoms with Gasteiger partial charge in [-0.15, -0.1) is 0 Å². The van der Waals surface area contributed by atoms with E-state index in [4.69, 9.17) is 4.74 Å². The molecule has 0 amide bonds. The number of alkyl halides is 3. The number of carboxylic acid groups (broad SMARTS) is 1. The molecule has 3 aromatic heterocycles. The molecule has 0 spiro atoms. The molecule has 1 unspecified atom stereocenters. The number of hydrogen-bond acceptors (Lipinski definition) is 6. The van der Waals surface area contributed by atoms with E-state index in [2.05, 4.69) is 29.6 Å². The van der Waals surface area contributed by atoms with Crippen LogP contribution in [0.25, 0.3) is 22.1 Å². The molecule has 3 heterocycles. The van der Waals surface area contributed by atoms with Crippen molar-refractivity contribution in [2.75, 3.05) is 6.61 Å². The molecule has 40 heavy (non-hydrogen) atoms. The maximum Gasteiger partial charge on any atom is 0.428 e. The zero-order chi connectivity index (χ0) is 29.6. The Bertz CT molecular complexity index is 1650. The van der Waals surface area contributed by atoms with Crippen LogP contribution in [0.1, 0.15) is 35.0 Å². The fraction of sp³-hybridized carbons (Fsp3) is 0.407. The van der Waals surface area contributed by atoms with Crippen LogP contribution in [0.5, 0.6) is 0 Å². The minimum Gasteiger partial charge on any atom is -0.464 e. The smallest absolute Gasteiger partial charge is 0.428 e. The maximum atomic E-state index is 15.2. The molecule has 4 aromatic rings. The van der Waals surface area contributed by atoms with E-state index in [1.807, 2.05) is 6.07 Å². The third kappa shape index (κ3) is 4.98. The number of carbonyl (C=O) groups is 1. The lowest BCUT2D eigenvalue weighted by atomic mass is 9.83. The summed E-state index contributed by atoms with van der Waals surface area (Å²) in [6.07, 6.45) is -4.18. The largest absolute Gasteiger partial charge is 0.464 e. The Morgan fingerprint density at radius 2 is 1.95 bits per heavy atom. The number of ether oxygens (including phenoxy) is 1. The molecule has 0 fully saturated rings. The van der Waals surface area contributed by atoms with Crippen LogP contribution in [-0.2, 0) is 23.5 Å². The highest BCUT2D eigenvalue weighted by Crippen LogP contribution is 2.49. The van der Waals surface area contributed by atoms with Gasteiger partial charge < -0.3 is 14.9 Å². The number of imidazole rings is 1. The van der Waals surface area contributed by atoms with E-state index < -0.39 is 37.3 Å². The standard InChI is InChI=1S/C27H30F3N5O4Si/c1-6-18-11-16(2)22-19(7-8-34(22)25(36)37)21(18)26(38,27(28,29)30)24-33-20-12-17(13-31)14-32-23(20)35(24)15-39-9-10-40(3,4)5/h7-8,11-12,14,38H,6,9-10,15H2,1-5H3,(H,36,37). The molecule has 9 nitrogen and oxygen atoms in total. The molecular weight excluding hydrogens is 543 g/mol. The molecule has 0 bridgehead atoms. The van der Waals surface area contributed by atoms with Gasteiger partial charge in [-0.2, -0.15) is 18.4 Å². The Morgan fingerprint density at radius 1 is 1.25 bits per heavy atom. The first-order valence-corrected chi connectivity index (χ1v) is 16.4. The van der Waals surface area contributed by atoms with E-state index >= 15 is 13.2 Å². The highest BCUT2D eigenvalue weighted by atomic mass is 28.3. The second kappa shape index (κ2) is 10.3. The van der Waals surface area contributed by atoms with Gasteiger partial charge in [0.2, 0.25) is 5.60 Å². The molecule has 0 aliphatic rings. The number of hydrogen-bond donors (Lipinski definition) is 2. The van der Waals surface area contributed by atoms with Gasteiger partial charge in [-0.1, -0.05) is 32.6 Å². The molecule has 4 rings (SSSR count). The van der Waals surface area contributed by atoms with E-state index in [-0.39, 0.29) is 53.0 Å². The number of fused-ring (bicyclic) bond motifs is 2. The number of aliphatic hydroxyl groups is 1. The predicted molar refractivity (Wildman–Crippen MR) is 145 cm³/mol. The topological polar surface area (TPSA) is 126 Å². The van der Waals surface area contributed by atoms with Crippen LogP contribution in [0, 0.1) is 18.3 Å². The monoisotopic (exact) mass is 573 g/mol. The summed E-state index contributed by atoms with van der Waals surface area (Å²) in [5.74, 6) is -0.784. The lowest BCUT2D eigenvalue weighted by Crippen LogP contribution is -2.46. The summed E-state index contributed by atoms with van der Waals surface area (Å²) >= 11 is 0. The molecule has 212 valence electrons. The van der Waals surface area contributed by atoms with Crippen molar-refractivity contribution < 1.29 is 32.9 Å². The van der Waals surface area contributed by atoms with Crippen LogP contribution in [0.2, 0.25) is 25.7 Å². The molecule has 0 aliphatic carbocycles. The number of halogens is 3. The van der Waals surface area contributed by atoms with Crippen LogP contribution in [-0.4, -0.2) is 56.3 Å². The van der Waals surface area contributed by atoms with E-state index in [1.54, 1.807) is 13.8 Å². The first-order valence-electron chi connectivity index (χ1n) is 12.6. The highest BCUT2D eigenvalue weighted by Gasteiger charge is 2.61. The molecule has 2 N–H and O–H groups in total. The van der Waals surface area contributed by atoms with Crippen LogP contribution >= 0.6 is 0 Å². The van der Waals surface area contributed by atoms with Crippen molar-refractivity contribution in [3.8, 4) is 6.07 Å². The minimum atomic E-state index is -5.29. The zero-order valence-electron chi connectivity index (χ0n) is 22.8. The lowest BCUT2D eigenvalue weighted by Gasteiger charge is -2.33. The molecule has 13 heteroatoms. The molecule has 1 atom stereocenters. The number of aromatic nitrogens is 4. The molecule has 0 aliphatic heterocycles. The van der Waals surface area contributed by atoms with E-state index in [9.17, 15) is 20.3 Å². The van der Waals surface area contributed by atoms with Gasteiger partial charge in [-0.25, -0.2) is 14.8 Å². The van der Waals surface area contributed by atoms with Crippen LogP contribution in [0.4, 0.5) is 18.0 Å². The quantitative estimate of drug-likeness (QED) is 0.203. The Labute approximate surface area is 229 Å². The van der Waals surface area contributed by atoms with Crippen molar-refractivity contribution in [1.82, 2.24) is 19.1 Å². The van der Waals surface area contributed by atoms with Gasteiger partial charge in [0.25, 0.3) is 0 Å². The summed E-state index contributed by atoms with van der Waals surface area (Å²) in [4.78, 5) is 20.3. The zero-order valence-corrected chi connectivity index (χ0v) is 23.8. The van der Waals surface area contributed by atoms with E-state index in [1.165, 1.54) is 24.4 Å². The number of pyridine rings is 1. The summed E-state index contributed by atoms with van der Waals surface area (Å²) in [7, 11) is -1.51. The third-order valence-electron chi connectivity index (χ3n) is 6.85. The summed E-state index contributed by atoms with van der Waals surface area (Å²) in [6, 6.07) is 6.66. The van der Waals surface area contributed by atoms with Crippen molar-refractivity contribution in [2.45, 2.75) is 64.5 Å². The van der Waals surface area contributed by atoms with Crippen molar-refractivity contribution >= 4 is 36.2 Å². The summed E-state index contributed by atoms with van der Waals surface area (Å²) in [5.41, 5.74) is -3.46. The minimum absolute atomic E-state index is 0.00851. The van der Waals surface area contributed by atoms with E-state index in [0.29, 0.717) is 5.56 Å². The van der Waals surface area contributed by atoms with Crippen molar-refractivity contribution in [1.29, 1.82) is 5.26 Å². The fourth-order valence-electron chi connectivity index (χ4n) is 4.86. The highest BCUT2D eigenvalue weighted by molar-refractivity contribution is 6.76. The second-order valence-electron chi connectivity index (χ2n) is 10.9. The number of nitriles is 1. The van der Waals surface area contributed by atoms with Gasteiger partial charge in [-0.3, -0.25) is 9.13 Å². The Morgan fingerprint density at radius 3 is 2.52 bits per heavy atom. The van der Waals surface area contributed by atoms with E-state index in [0.717, 1.165) is 21.4 Å². The van der Waals surface area contributed by atoms with Crippen LogP contribution in [0.3, 0.4) is 0 Å². The molecule has 0 saturated heterocycles. The first kappa shape index (κ1) is 29.3. The van der Waals surface area contributed by atoms with Crippen LogP contribution in [0.15, 0.2) is 30.6 Å². The van der Waals surface area contributed by atoms with Crippen LogP contribution < -0.4 is 0 Å². The Kier molecular flexibility index (Phi) is 7.57. The van der Waals surface area contributed by atoms with Gasteiger partial charge in [0.1, 0.15) is 18.3 Å². The predicted octanol–water partition coefficient (Wildman–Crippen LogP) is 5.77. The summed E-state index contributed by atoms with van der Waals surface area (Å²) < 4.78 is 53.4. The Balaban J connectivity index is 2.06.